The number of thioether (sulfide) groups is 1. The second-order valence-electron chi connectivity index (χ2n) is 8.97. The van der Waals surface area contributed by atoms with Crippen molar-refractivity contribution in [2.24, 2.45) is 0 Å². The number of carbonyl (C=O) groups excluding carboxylic acids is 1. The van der Waals surface area contributed by atoms with E-state index in [1.165, 1.54) is 45.7 Å². The summed E-state index contributed by atoms with van der Waals surface area (Å²) in [7, 11) is 0. The van der Waals surface area contributed by atoms with Crippen molar-refractivity contribution in [2.45, 2.75) is 30.0 Å². The van der Waals surface area contributed by atoms with Crippen molar-refractivity contribution in [3.63, 3.8) is 0 Å². The smallest absolute Gasteiger partial charge is 0.297 e. The summed E-state index contributed by atoms with van der Waals surface area (Å²) in [5, 5.41) is 19.3. The molecule has 5 aromatic rings. The molecule has 0 aliphatic carbocycles. The molecule has 184 valence electrons. The molecule has 6 rings (SSSR count). The van der Waals surface area contributed by atoms with Gasteiger partial charge in [0.05, 0.1) is 17.0 Å². The third kappa shape index (κ3) is 4.20. The molecule has 0 saturated heterocycles. The summed E-state index contributed by atoms with van der Waals surface area (Å²) in [4.78, 5) is 28.9. The van der Waals surface area contributed by atoms with Crippen LogP contribution in [0, 0.1) is 13.8 Å². The van der Waals surface area contributed by atoms with Crippen molar-refractivity contribution in [2.75, 3.05) is 4.90 Å². The quantitative estimate of drug-likeness (QED) is 0.221. The molecule has 0 spiro atoms. The number of aromatic nitrogens is 2. The van der Waals surface area contributed by atoms with Crippen LogP contribution in [0.15, 0.2) is 80.3 Å². The van der Waals surface area contributed by atoms with Crippen molar-refractivity contribution in [3.05, 3.63) is 111 Å². The monoisotopic (exact) mass is 527 g/mol. The summed E-state index contributed by atoms with van der Waals surface area (Å²) < 4.78 is 6.72. The van der Waals surface area contributed by atoms with Gasteiger partial charge in [0.15, 0.2) is 9.77 Å². The number of aromatic hydroxyl groups is 1. The Morgan fingerprint density at radius 2 is 1.70 bits per heavy atom. The van der Waals surface area contributed by atoms with Gasteiger partial charge in [0.2, 0.25) is 10.9 Å². The van der Waals surface area contributed by atoms with Crippen molar-refractivity contribution >= 4 is 45.1 Å². The molecule has 0 radical (unpaired) electrons. The first-order valence-electron chi connectivity index (χ1n) is 11.6. The Morgan fingerprint density at radius 3 is 2.46 bits per heavy atom. The fraction of sp³-hybridized carbons (Fsp3) is 0.143. The first-order valence-corrected chi connectivity index (χ1v) is 13.4. The summed E-state index contributed by atoms with van der Waals surface area (Å²) in [5.41, 5.74) is 4.31. The zero-order chi connectivity index (χ0) is 25.7. The van der Waals surface area contributed by atoms with Gasteiger partial charge in [-0.15, -0.1) is 10.2 Å². The van der Waals surface area contributed by atoms with Gasteiger partial charge in [-0.2, -0.15) is 0 Å². The predicted octanol–water partition coefficient (Wildman–Crippen LogP) is 6.01. The summed E-state index contributed by atoms with van der Waals surface area (Å²) >= 11 is 2.83. The molecule has 3 aromatic carbocycles. The Balaban J connectivity index is 1.42. The van der Waals surface area contributed by atoms with Gasteiger partial charge in [-0.1, -0.05) is 76.7 Å². The van der Waals surface area contributed by atoms with Gasteiger partial charge < -0.3 is 9.52 Å². The molecule has 1 amide bonds. The molecular weight excluding hydrogens is 506 g/mol. The van der Waals surface area contributed by atoms with Crippen LogP contribution in [-0.2, 0) is 5.75 Å². The Kier molecular flexibility index (Phi) is 5.81. The minimum Gasteiger partial charge on any atom is -0.508 e. The average molecular weight is 528 g/mol. The number of hydrogen-bond donors (Lipinski definition) is 1. The van der Waals surface area contributed by atoms with Crippen molar-refractivity contribution in [1.82, 2.24) is 10.2 Å². The van der Waals surface area contributed by atoms with Crippen LogP contribution in [0.4, 0.5) is 5.13 Å². The molecule has 2 aromatic heterocycles. The van der Waals surface area contributed by atoms with Crippen LogP contribution in [-0.4, -0.2) is 21.2 Å². The molecule has 37 heavy (non-hydrogen) atoms. The zero-order valence-corrected chi connectivity index (χ0v) is 21.6. The van der Waals surface area contributed by atoms with E-state index in [1.807, 2.05) is 19.9 Å². The average Bonchev–Trinajstić information content (AvgIpc) is 3.47. The zero-order valence-electron chi connectivity index (χ0n) is 20.0. The fourth-order valence-corrected chi connectivity index (χ4v) is 6.27. The number of fused-ring (bicyclic) bond motifs is 2. The van der Waals surface area contributed by atoms with Gasteiger partial charge >= 0.3 is 0 Å². The van der Waals surface area contributed by atoms with Gasteiger partial charge in [-0.3, -0.25) is 14.5 Å². The van der Waals surface area contributed by atoms with E-state index in [9.17, 15) is 14.7 Å². The van der Waals surface area contributed by atoms with Crippen molar-refractivity contribution in [1.29, 1.82) is 0 Å². The van der Waals surface area contributed by atoms with Gasteiger partial charge in [0.25, 0.3) is 5.91 Å². The lowest BCUT2D eigenvalue weighted by Gasteiger charge is -2.22. The third-order valence-electron chi connectivity index (χ3n) is 6.32. The van der Waals surface area contributed by atoms with Crippen LogP contribution in [0.3, 0.4) is 0 Å². The molecule has 0 saturated carbocycles. The number of aryl methyl sites for hydroxylation is 2. The van der Waals surface area contributed by atoms with Crippen LogP contribution >= 0.6 is 23.1 Å². The number of amides is 1. The topological polar surface area (TPSA) is 96.5 Å². The van der Waals surface area contributed by atoms with Crippen molar-refractivity contribution in [3.8, 4) is 5.75 Å². The number of nitrogens with zero attached hydrogens (tertiary/aromatic N) is 3. The summed E-state index contributed by atoms with van der Waals surface area (Å²) in [6.45, 7) is 3.95. The van der Waals surface area contributed by atoms with E-state index in [0.29, 0.717) is 26.0 Å². The molecule has 3 heterocycles. The van der Waals surface area contributed by atoms with Crippen LogP contribution in [0.5, 0.6) is 5.75 Å². The SMILES string of the molecule is Cc1ccc(CSc2nnc(N3C(=O)c4oc5ccc(C)cc5c(=O)c4C3c3ccc(O)cc3)s2)cc1. The number of hydrogen-bond acceptors (Lipinski definition) is 8. The molecule has 0 fully saturated rings. The molecule has 7 nitrogen and oxygen atoms in total. The Labute approximate surface area is 220 Å². The first kappa shape index (κ1) is 23.4. The molecule has 1 unspecified atom stereocenters. The number of phenolic OH excluding ortho intramolecular Hbond substituents is 1. The van der Waals surface area contributed by atoms with Gasteiger partial charge in [0, 0.05) is 5.75 Å². The molecule has 0 bridgehead atoms. The lowest BCUT2D eigenvalue weighted by atomic mass is 9.98. The van der Waals surface area contributed by atoms with Gasteiger partial charge in [-0.05, 0) is 49.2 Å². The maximum atomic E-state index is 13.7. The van der Waals surface area contributed by atoms with Crippen LogP contribution in [0.2, 0.25) is 0 Å². The lowest BCUT2D eigenvalue weighted by molar-refractivity contribution is 0.0970. The van der Waals surface area contributed by atoms with E-state index < -0.39 is 11.9 Å². The van der Waals surface area contributed by atoms with E-state index in [2.05, 4.69) is 34.5 Å². The Morgan fingerprint density at radius 1 is 0.973 bits per heavy atom. The third-order valence-corrected chi connectivity index (χ3v) is 8.45. The summed E-state index contributed by atoms with van der Waals surface area (Å²) in [5.74, 6) is 0.365. The van der Waals surface area contributed by atoms with E-state index in [-0.39, 0.29) is 22.5 Å². The molecular formula is C28H21N3O4S2. The Hall–Kier alpha value is -3.95. The lowest BCUT2D eigenvalue weighted by Crippen LogP contribution is -2.29. The maximum absolute atomic E-state index is 13.7. The number of phenols is 1. The van der Waals surface area contributed by atoms with Gasteiger partial charge in [0.1, 0.15) is 11.3 Å². The van der Waals surface area contributed by atoms with E-state index in [0.717, 1.165) is 16.9 Å². The highest BCUT2D eigenvalue weighted by Crippen LogP contribution is 2.43. The number of rotatable bonds is 5. The number of anilines is 1. The molecule has 1 N–H and O–H groups in total. The maximum Gasteiger partial charge on any atom is 0.297 e. The highest BCUT2D eigenvalue weighted by molar-refractivity contribution is 8.00. The minimum atomic E-state index is -0.757. The molecule has 9 heteroatoms. The number of carbonyl (C=O) groups is 1. The highest BCUT2D eigenvalue weighted by atomic mass is 32.2. The predicted molar refractivity (Wildman–Crippen MR) is 145 cm³/mol. The van der Waals surface area contributed by atoms with E-state index >= 15 is 0 Å². The first-order chi connectivity index (χ1) is 17.9. The molecule has 1 aliphatic heterocycles. The Bertz CT molecular complexity index is 1710. The summed E-state index contributed by atoms with van der Waals surface area (Å²) in [6, 6.07) is 19.3. The largest absolute Gasteiger partial charge is 0.508 e. The fourth-order valence-electron chi connectivity index (χ4n) is 4.44. The van der Waals surface area contributed by atoms with Crippen molar-refractivity contribution < 1.29 is 14.3 Å². The molecule has 1 atom stereocenters. The van der Waals surface area contributed by atoms with E-state index in [1.54, 1.807) is 24.3 Å². The highest BCUT2D eigenvalue weighted by Gasteiger charge is 2.45. The number of benzene rings is 3. The van der Waals surface area contributed by atoms with E-state index in [4.69, 9.17) is 4.42 Å². The van der Waals surface area contributed by atoms with Gasteiger partial charge in [-0.25, -0.2) is 0 Å². The second kappa shape index (κ2) is 9.17. The minimum absolute atomic E-state index is 0.00323. The summed E-state index contributed by atoms with van der Waals surface area (Å²) in [6.07, 6.45) is 0. The van der Waals surface area contributed by atoms with Crippen LogP contribution in [0.1, 0.15) is 44.4 Å². The standard InChI is InChI=1S/C28H21N3O4S2/c1-15-3-6-17(7-4-15)14-36-28-30-29-27(37-28)31-23(18-8-10-19(32)11-9-18)22-24(33)20-13-16(2)5-12-21(20)35-25(22)26(31)34/h3-13,23,32H,14H2,1-2H3. The second-order valence-corrected chi connectivity index (χ2v) is 11.1. The molecule has 1 aliphatic rings. The van der Waals surface area contributed by atoms with Crippen LogP contribution in [0.25, 0.3) is 11.0 Å². The van der Waals surface area contributed by atoms with Crippen LogP contribution < -0.4 is 10.3 Å². The normalized spacial score (nSPS) is 14.9.